The predicted octanol–water partition coefficient (Wildman–Crippen LogP) is 2.98. The molecule has 5 nitrogen and oxygen atoms in total. The van der Waals surface area contributed by atoms with Crippen LogP contribution in [0.5, 0.6) is 0 Å². The maximum atomic E-state index is 13.9. The van der Waals surface area contributed by atoms with Crippen LogP contribution in [-0.2, 0) is 4.79 Å². The van der Waals surface area contributed by atoms with Crippen molar-refractivity contribution in [3.05, 3.63) is 35.4 Å². The molecule has 0 aromatic heterocycles. The van der Waals surface area contributed by atoms with Crippen LogP contribution in [0, 0.1) is 17.6 Å². The standard InChI is InChI=1S/C21H27F2N3O2.ClH/c1-25(17-11-15-3-4-16(12-17)24-15)20(27)13-6-8-26(9-7-13)21(28)18-5-2-14(22)10-19(18)23;/h2,5,10,13,15-17,24H,3-4,6-9,11-12H2,1H3;1H. The van der Waals surface area contributed by atoms with Gasteiger partial charge in [-0.15, -0.1) is 12.4 Å². The minimum Gasteiger partial charge on any atom is -0.342 e. The molecule has 0 spiro atoms. The summed E-state index contributed by atoms with van der Waals surface area (Å²) in [6, 6.07) is 4.36. The molecule has 29 heavy (non-hydrogen) atoms. The summed E-state index contributed by atoms with van der Waals surface area (Å²) >= 11 is 0. The molecule has 2 amide bonds. The van der Waals surface area contributed by atoms with E-state index in [4.69, 9.17) is 0 Å². The average Bonchev–Trinajstić information content (AvgIpc) is 3.04. The highest BCUT2D eigenvalue weighted by Crippen LogP contribution is 2.31. The molecule has 1 aromatic rings. The van der Waals surface area contributed by atoms with Crippen molar-refractivity contribution in [1.82, 2.24) is 15.1 Å². The summed E-state index contributed by atoms with van der Waals surface area (Å²) in [5.74, 6) is -1.92. The van der Waals surface area contributed by atoms with Crippen molar-refractivity contribution in [3.8, 4) is 0 Å². The third-order valence-electron chi connectivity index (χ3n) is 6.64. The number of fused-ring (bicyclic) bond motifs is 2. The Balaban J connectivity index is 0.00000240. The highest BCUT2D eigenvalue weighted by molar-refractivity contribution is 5.94. The van der Waals surface area contributed by atoms with Crippen molar-refractivity contribution >= 4 is 24.2 Å². The Morgan fingerprint density at radius 2 is 1.69 bits per heavy atom. The predicted molar refractivity (Wildman–Crippen MR) is 108 cm³/mol. The maximum absolute atomic E-state index is 13.9. The Labute approximate surface area is 176 Å². The lowest BCUT2D eigenvalue weighted by molar-refractivity contribution is -0.138. The van der Waals surface area contributed by atoms with Crippen LogP contribution in [0.1, 0.15) is 48.9 Å². The molecule has 0 aliphatic carbocycles. The molecule has 3 fully saturated rings. The summed E-state index contributed by atoms with van der Waals surface area (Å²) < 4.78 is 27.0. The SMILES string of the molecule is CN(C(=O)C1CCN(C(=O)c2ccc(F)cc2F)CC1)C1CC2CCC(C1)N2.Cl. The molecule has 0 saturated carbocycles. The van der Waals surface area contributed by atoms with Crippen LogP contribution in [0.25, 0.3) is 0 Å². The molecule has 3 aliphatic rings. The van der Waals surface area contributed by atoms with Crippen LogP contribution in [0.15, 0.2) is 18.2 Å². The van der Waals surface area contributed by atoms with Gasteiger partial charge >= 0.3 is 0 Å². The van der Waals surface area contributed by atoms with Crippen molar-refractivity contribution in [2.24, 2.45) is 5.92 Å². The number of carbonyl (C=O) groups is 2. The van der Waals surface area contributed by atoms with Gasteiger partial charge in [-0.25, -0.2) is 8.78 Å². The minimum atomic E-state index is -0.844. The quantitative estimate of drug-likeness (QED) is 0.806. The van der Waals surface area contributed by atoms with E-state index in [1.165, 1.54) is 18.9 Å². The second-order valence-electron chi connectivity index (χ2n) is 8.40. The number of likely N-dealkylation sites (tertiary alicyclic amines) is 1. The highest BCUT2D eigenvalue weighted by atomic mass is 35.5. The third kappa shape index (κ3) is 4.56. The molecule has 3 saturated heterocycles. The molecule has 0 radical (unpaired) electrons. The number of halogens is 3. The lowest BCUT2D eigenvalue weighted by atomic mass is 9.92. The fraction of sp³-hybridized carbons (Fsp3) is 0.619. The summed E-state index contributed by atoms with van der Waals surface area (Å²) in [4.78, 5) is 29.0. The molecular formula is C21H28ClF2N3O2. The first-order chi connectivity index (χ1) is 13.4. The maximum Gasteiger partial charge on any atom is 0.256 e. The molecule has 1 aromatic carbocycles. The highest BCUT2D eigenvalue weighted by Gasteiger charge is 2.38. The summed E-state index contributed by atoms with van der Waals surface area (Å²) in [5.41, 5.74) is -0.117. The lowest BCUT2D eigenvalue weighted by Gasteiger charge is -2.39. The summed E-state index contributed by atoms with van der Waals surface area (Å²) in [7, 11) is 1.91. The van der Waals surface area contributed by atoms with Crippen molar-refractivity contribution in [2.45, 2.75) is 56.7 Å². The Hall–Kier alpha value is -1.73. The third-order valence-corrected chi connectivity index (χ3v) is 6.64. The largest absolute Gasteiger partial charge is 0.342 e. The van der Waals surface area contributed by atoms with E-state index < -0.39 is 17.5 Å². The molecule has 2 atom stereocenters. The number of nitrogens with one attached hydrogen (secondary N) is 1. The molecule has 3 aliphatic heterocycles. The van der Waals surface area contributed by atoms with Crippen LogP contribution < -0.4 is 5.32 Å². The smallest absolute Gasteiger partial charge is 0.256 e. The Morgan fingerprint density at radius 1 is 1.07 bits per heavy atom. The Kier molecular flexibility index (Phi) is 6.79. The van der Waals surface area contributed by atoms with Crippen molar-refractivity contribution < 1.29 is 18.4 Å². The van der Waals surface area contributed by atoms with E-state index in [0.29, 0.717) is 44.1 Å². The number of carbonyl (C=O) groups excluding carboxylic acids is 2. The van der Waals surface area contributed by atoms with Gasteiger partial charge in [0.2, 0.25) is 5.91 Å². The lowest BCUT2D eigenvalue weighted by Crippen LogP contribution is -2.51. The second-order valence-corrected chi connectivity index (χ2v) is 8.40. The van der Waals surface area contributed by atoms with Gasteiger partial charge in [0, 0.05) is 50.2 Å². The summed E-state index contributed by atoms with van der Waals surface area (Å²) in [5, 5.41) is 3.60. The van der Waals surface area contributed by atoms with Gasteiger partial charge < -0.3 is 15.1 Å². The van der Waals surface area contributed by atoms with Crippen LogP contribution >= 0.6 is 12.4 Å². The molecule has 2 unspecified atom stereocenters. The zero-order chi connectivity index (χ0) is 19.8. The van der Waals surface area contributed by atoms with Gasteiger partial charge in [0.1, 0.15) is 11.6 Å². The van der Waals surface area contributed by atoms with Gasteiger partial charge in [0.05, 0.1) is 5.56 Å². The number of hydrogen-bond acceptors (Lipinski definition) is 3. The fourth-order valence-corrected chi connectivity index (χ4v) is 4.97. The normalized spacial score (nSPS) is 26.7. The van der Waals surface area contributed by atoms with Gasteiger partial charge in [-0.2, -0.15) is 0 Å². The van der Waals surface area contributed by atoms with E-state index in [1.807, 2.05) is 11.9 Å². The number of amides is 2. The first kappa shape index (κ1) is 22.0. The van der Waals surface area contributed by atoms with Gasteiger partial charge in [-0.3, -0.25) is 9.59 Å². The first-order valence-electron chi connectivity index (χ1n) is 10.2. The molecule has 160 valence electrons. The van der Waals surface area contributed by atoms with Gasteiger partial charge in [-0.05, 0) is 50.7 Å². The Bertz CT molecular complexity index is 758. The van der Waals surface area contributed by atoms with Gasteiger partial charge in [0.25, 0.3) is 5.91 Å². The van der Waals surface area contributed by atoms with Crippen LogP contribution in [-0.4, -0.2) is 59.9 Å². The van der Waals surface area contributed by atoms with E-state index >= 15 is 0 Å². The molecule has 8 heteroatoms. The zero-order valence-electron chi connectivity index (χ0n) is 16.6. The topological polar surface area (TPSA) is 52.7 Å². The minimum absolute atomic E-state index is 0. The fourth-order valence-electron chi connectivity index (χ4n) is 4.97. The monoisotopic (exact) mass is 427 g/mol. The van der Waals surface area contributed by atoms with E-state index in [1.54, 1.807) is 4.90 Å². The van der Waals surface area contributed by atoms with E-state index in [9.17, 15) is 18.4 Å². The van der Waals surface area contributed by atoms with Crippen molar-refractivity contribution in [1.29, 1.82) is 0 Å². The van der Waals surface area contributed by atoms with E-state index in [0.717, 1.165) is 25.0 Å². The molecular weight excluding hydrogens is 400 g/mol. The number of benzene rings is 1. The average molecular weight is 428 g/mol. The van der Waals surface area contributed by atoms with Crippen LogP contribution in [0.4, 0.5) is 8.78 Å². The summed E-state index contributed by atoms with van der Waals surface area (Å²) in [6.07, 6.45) is 5.58. The first-order valence-corrected chi connectivity index (χ1v) is 10.2. The van der Waals surface area contributed by atoms with Crippen molar-refractivity contribution in [2.75, 3.05) is 20.1 Å². The molecule has 4 rings (SSSR count). The molecule has 1 N–H and O–H groups in total. The summed E-state index contributed by atoms with van der Waals surface area (Å²) in [6.45, 7) is 0.828. The van der Waals surface area contributed by atoms with E-state index in [2.05, 4.69) is 5.32 Å². The molecule has 2 bridgehead atoms. The van der Waals surface area contributed by atoms with Crippen LogP contribution in [0.2, 0.25) is 0 Å². The van der Waals surface area contributed by atoms with Gasteiger partial charge in [0.15, 0.2) is 0 Å². The number of rotatable bonds is 3. The Morgan fingerprint density at radius 3 is 2.28 bits per heavy atom. The second kappa shape index (κ2) is 8.96. The van der Waals surface area contributed by atoms with E-state index in [-0.39, 0.29) is 29.8 Å². The number of piperidine rings is 2. The van der Waals surface area contributed by atoms with Crippen molar-refractivity contribution in [3.63, 3.8) is 0 Å². The van der Waals surface area contributed by atoms with Gasteiger partial charge in [-0.1, -0.05) is 0 Å². The zero-order valence-corrected chi connectivity index (χ0v) is 17.4. The van der Waals surface area contributed by atoms with Crippen LogP contribution in [0.3, 0.4) is 0 Å². The number of hydrogen-bond donors (Lipinski definition) is 1. The number of nitrogens with zero attached hydrogens (tertiary/aromatic N) is 2. The molecule has 3 heterocycles.